The smallest absolute Gasteiger partial charge is 0.243 e. The van der Waals surface area contributed by atoms with Gasteiger partial charge in [0.25, 0.3) is 0 Å². The first-order chi connectivity index (χ1) is 10.9. The fraction of sp³-hybridized carbons (Fsp3) is 0.588. The minimum absolute atomic E-state index is 0.162. The Labute approximate surface area is 138 Å². The van der Waals surface area contributed by atoms with Crippen LogP contribution in [0, 0.1) is 18.8 Å². The lowest BCUT2D eigenvalue weighted by molar-refractivity contribution is -0.132. The van der Waals surface area contributed by atoms with Crippen LogP contribution >= 0.6 is 0 Å². The third-order valence-electron chi connectivity index (χ3n) is 4.85. The van der Waals surface area contributed by atoms with Gasteiger partial charge in [0.05, 0.1) is 4.90 Å². The predicted octanol–water partition coefficient (Wildman–Crippen LogP) is 1.87. The van der Waals surface area contributed by atoms with Crippen molar-refractivity contribution >= 4 is 15.9 Å². The molecule has 1 amide bonds. The van der Waals surface area contributed by atoms with E-state index in [9.17, 15) is 13.2 Å². The van der Waals surface area contributed by atoms with Gasteiger partial charge in [-0.15, -0.1) is 0 Å². The number of rotatable bonds is 3. The number of aryl methyl sites for hydroxylation is 1. The third-order valence-corrected chi connectivity index (χ3v) is 6.76. The SMILES string of the molecule is Cc1ccc(S(=O)(=O)N2CCCN(C(=O)C3CC3C)CC2)cc1. The fourth-order valence-electron chi connectivity index (χ4n) is 3.11. The number of hydrogen-bond donors (Lipinski definition) is 0. The maximum Gasteiger partial charge on any atom is 0.243 e. The Hall–Kier alpha value is -1.40. The number of carbonyl (C=O) groups excluding carboxylic acids is 1. The molecule has 0 radical (unpaired) electrons. The van der Waals surface area contributed by atoms with Gasteiger partial charge in [0.15, 0.2) is 0 Å². The summed E-state index contributed by atoms with van der Waals surface area (Å²) in [7, 11) is -3.47. The molecule has 2 aliphatic rings. The number of sulfonamides is 1. The zero-order valence-corrected chi connectivity index (χ0v) is 14.6. The van der Waals surface area contributed by atoms with E-state index in [0.717, 1.165) is 12.0 Å². The molecule has 1 aromatic rings. The summed E-state index contributed by atoms with van der Waals surface area (Å²) in [5, 5.41) is 0. The molecule has 1 aliphatic carbocycles. The first-order valence-corrected chi connectivity index (χ1v) is 9.69. The van der Waals surface area contributed by atoms with Crippen molar-refractivity contribution in [1.82, 2.24) is 9.21 Å². The quantitative estimate of drug-likeness (QED) is 0.847. The van der Waals surface area contributed by atoms with Crippen molar-refractivity contribution in [2.75, 3.05) is 26.2 Å². The van der Waals surface area contributed by atoms with Gasteiger partial charge < -0.3 is 4.90 Å². The van der Waals surface area contributed by atoms with E-state index < -0.39 is 10.0 Å². The van der Waals surface area contributed by atoms with Crippen molar-refractivity contribution in [3.8, 4) is 0 Å². The second-order valence-electron chi connectivity index (χ2n) is 6.72. The van der Waals surface area contributed by atoms with E-state index in [4.69, 9.17) is 0 Å². The normalized spacial score (nSPS) is 25.9. The number of nitrogens with zero attached hydrogens (tertiary/aromatic N) is 2. The summed E-state index contributed by atoms with van der Waals surface area (Å²) >= 11 is 0. The highest BCUT2D eigenvalue weighted by Gasteiger charge is 2.42. The summed E-state index contributed by atoms with van der Waals surface area (Å²) in [4.78, 5) is 14.5. The van der Waals surface area contributed by atoms with Crippen LogP contribution < -0.4 is 0 Å². The Bertz CT molecular complexity index is 684. The Morgan fingerprint density at radius 2 is 1.74 bits per heavy atom. The third kappa shape index (κ3) is 3.43. The summed E-state index contributed by atoms with van der Waals surface area (Å²) in [6.45, 7) is 6.03. The van der Waals surface area contributed by atoms with Crippen LogP contribution in [0.15, 0.2) is 29.2 Å². The molecule has 23 heavy (non-hydrogen) atoms. The lowest BCUT2D eigenvalue weighted by Gasteiger charge is -2.22. The van der Waals surface area contributed by atoms with Gasteiger partial charge in [0, 0.05) is 32.1 Å². The summed E-state index contributed by atoms with van der Waals surface area (Å²) < 4.78 is 27.0. The van der Waals surface area contributed by atoms with Crippen molar-refractivity contribution in [2.24, 2.45) is 11.8 Å². The molecule has 6 heteroatoms. The minimum Gasteiger partial charge on any atom is -0.341 e. The zero-order chi connectivity index (χ0) is 16.6. The van der Waals surface area contributed by atoms with Crippen molar-refractivity contribution in [3.05, 3.63) is 29.8 Å². The summed E-state index contributed by atoms with van der Waals surface area (Å²) in [5.74, 6) is 0.848. The number of carbonyl (C=O) groups is 1. The topological polar surface area (TPSA) is 57.7 Å². The number of hydrogen-bond acceptors (Lipinski definition) is 3. The van der Waals surface area contributed by atoms with Gasteiger partial charge in [-0.05, 0) is 37.8 Å². The van der Waals surface area contributed by atoms with Crippen LogP contribution in [0.3, 0.4) is 0 Å². The van der Waals surface area contributed by atoms with Gasteiger partial charge in [0.2, 0.25) is 15.9 Å². The molecule has 2 fully saturated rings. The van der Waals surface area contributed by atoms with Gasteiger partial charge in [-0.1, -0.05) is 24.6 Å². The molecule has 126 valence electrons. The van der Waals surface area contributed by atoms with Gasteiger partial charge in [-0.2, -0.15) is 4.31 Å². The summed E-state index contributed by atoms with van der Waals surface area (Å²) in [5.41, 5.74) is 1.04. The molecule has 1 heterocycles. The molecular weight excluding hydrogens is 312 g/mol. The molecule has 1 aromatic carbocycles. The minimum atomic E-state index is -3.47. The Kier molecular flexibility index (Phi) is 4.47. The van der Waals surface area contributed by atoms with Crippen molar-refractivity contribution in [3.63, 3.8) is 0 Å². The molecular formula is C17H24N2O3S. The van der Waals surface area contributed by atoms with Crippen LogP contribution in [0.2, 0.25) is 0 Å². The first-order valence-electron chi connectivity index (χ1n) is 8.25. The summed E-state index contributed by atoms with van der Waals surface area (Å²) in [6.07, 6.45) is 1.67. The molecule has 1 saturated carbocycles. The second kappa shape index (κ2) is 6.24. The summed E-state index contributed by atoms with van der Waals surface area (Å²) in [6, 6.07) is 6.94. The van der Waals surface area contributed by atoms with Crippen LogP contribution in [0.4, 0.5) is 0 Å². The monoisotopic (exact) mass is 336 g/mol. The van der Waals surface area contributed by atoms with Crippen LogP contribution in [-0.2, 0) is 14.8 Å². The second-order valence-corrected chi connectivity index (χ2v) is 8.65. The average molecular weight is 336 g/mol. The number of amides is 1. The molecule has 1 aliphatic heterocycles. The van der Waals surface area contributed by atoms with E-state index in [1.807, 2.05) is 24.0 Å². The molecule has 0 spiro atoms. The molecule has 0 N–H and O–H groups in total. The van der Waals surface area contributed by atoms with E-state index in [1.54, 1.807) is 12.1 Å². The standard InChI is InChI=1S/C17H24N2O3S/c1-13-4-6-15(7-5-13)23(21,22)19-9-3-8-18(10-11-19)17(20)16-12-14(16)2/h4-7,14,16H,3,8-12H2,1-2H3. The van der Waals surface area contributed by atoms with E-state index in [2.05, 4.69) is 6.92 Å². The van der Waals surface area contributed by atoms with Gasteiger partial charge in [0.1, 0.15) is 0 Å². The molecule has 1 saturated heterocycles. The Morgan fingerprint density at radius 3 is 2.35 bits per heavy atom. The van der Waals surface area contributed by atoms with E-state index in [-0.39, 0.29) is 11.8 Å². The van der Waals surface area contributed by atoms with Gasteiger partial charge in [-0.25, -0.2) is 8.42 Å². The Morgan fingerprint density at radius 1 is 1.09 bits per heavy atom. The van der Waals surface area contributed by atoms with Crippen molar-refractivity contribution in [2.45, 2.75) is 31.6 Å². The lowest BCUT2D eigenvalue weighted by Crippen LogP contribution is -2.38. The first kappa shape index (κ1) is 16.5. The van der Waals surface area contributed by atoms with Crippen molar-refractivity contribution in [1.29, 1.82) is 0 Å². The molecule has 2 atom stereocenters. The molecule has 3 rings (SSSR count). The van der Waals surface area contributed by atoms with Gasteiger partial charge in [-0.3, -0.25) is 4.79 Å². The van der Waals surface area contributed by atoms with Crippen molar-refractivity contribution < 1.29 is 13.2 Å². The maximum atomic E-state index is 12.7. The van der Waals surface area contributed by atoms with E-state index >= 15 is 0 Å². The molecule has 5 nitrogen and oxygen atoms in total. The lowest BCUT2D eigenvalue weighted by atomic mass is 10.2. The largest absolute Gasteiger partial charge is 0.341 e. The fourth-order valence-corrected chi connectivity index (χ4v) is 4.58. The van der Waals surface area contributed by atoms with E-state index in [0.29, 0.717) is 43.4 Å². The average Bonchev–Trinajstić information content (AvgIpc) is 3.28. The molecule has 0 aromatic heterocycles. The van der Waals surface area contributed by atoms with Crippen LogP contribution in [0.25, 0.3) is 0 Å². The molecule has 0 bridgehead atoms. The zero-order valence-electron chi connectivity index (χ0n) is 13.7. The Balaban J connectivity index is 1.69. The highest BCUT2D eigenvalue weighted by Crippen LogP contribution is 2.39. The number of benzene rings is 1. The van der Waals surface area contributed by atoms with Crippen LogP contribution in [-0.4, -0.2) is 49.7 Å². The van der Waals surface area contributed by atoms with E-state index in [1.165, 1.54) is 4.31 Å². The van der Waals surface area contributed by atoms with Crippen LogP contribution in [0.5, 0.6) is 0 Å². The highest BCUT2D eigenvalue weighted by atomic mass is 32.2. The predicted molar refractivity (Wildman–Crippen MR) is 88.4 cm³/mol. The molecule has 2 unspecified atom stereocenters. The van der Waals surface area contributed by atoms with Gasteiger partial charge >= 0.3 is 0 Å². The maximum absolute atomic E-state index is 12.7. The highest BCUT2D eigenvalue weighted by molar-refractivity contribution is 7.89. The van der Waals surface area contributed by atoms with Crippen LogP contribution in [0.1, 0.15) is 25.3 Å².